The van der Waals surface area contributed by atoms with Gasteiger partial charge in [0.2, 0.25) is 0 Å². The van der Waals surface area contributed by atoms with Crippen LogP contribution < -0.4 is 4.90 Å². The van der Waals surface area contributed by atoms with E-state index in [1.54, 1.807) is 6.20 Å². The molecule has 1 rings (SSSR count). The molecule has 5 heteroatoms. The standard InChI is InChI=1S/C10H14Br2N2O/c1-2-14(4-3-5-15)10-9(12)6-8(11)7-13-10/h6-7,15H,2-5H2,1H3. The fourth-order valence-corrected chi connectivity index (χ4v) is 2.55. The molecule has 0 saturated carbocycles. The van der Waals surface area contributed by atoms with Gasteiger partial charge >= 0.3 is 0 Å². The summed E-state index contributed by atoms with van der Waals surface area (Å²) in [6, 6.07) is 1.98. The highest BCUT2D eigenvalue weighted by Gasteiger charge is 2.09. The van der Waals surface area contributed by atoms with Crippen molar-refractivity contribution in [1.82, 2.24) is 4.98 Å². The number of halogens is 2. The fraction of sp³-hybridized carbons (Fsp3) is 0.500. The maximum atomic E-state index is 8.80. The molecule has 1 N–H and O–H groups in total. The lowest BCUT2D eigenvalue weighted by molar-refractivity contribution is 0.289. The van der Waals surface area contributed by atoms with E-state index in [1.165, 1.54) is 0 Å². The van der Waals surface area contributed by atoms with Gasteiger partial charge in [-0.1, -0.05) is 0 Å². The van der Waals surface area contributed by atoms with Crippen molar-refractivity contribution in [1.29, 1.82) is 0 Å². The Labute approximate surface area is 107 Å². The summed E-state index contributed by atoms with van der Waals surface area (Å²) < 4.78 is 1.92. The van der Waals surface area contributed by atoms with Gasteiger partial charge in [0.25, 0.3) is 0 Å². The third-order valence-electron chi connectivity index (χ3n) is 2.06. The first kappa shape index (κ1) is 12.9. The summed E-state index contributed by atoms with van der Waals surface area (Å²) in [5.41, 5.74) is 0. The summed E-state index contributed by atoms with van der Waals surface area (Å²) in [6.45, 7) is 3.99. The molecule has 1 heterocycles. The molecule has 84 valence electrons. The molecule has 0 unspecified atom stereocenters. The number of nitrogens with zero attached hydrogens (tertiary/aromatic N) is 2. The molecule has 15 heavy (non-hydrogen) atoms. The molecule has 0 radical (unpaired) electrons. The molecular weight excluding hydrogens is 324 g/mol. The van der Waals surface area contributed by atoms with E-state index < -0.39 is 0 Å². The summed E-state index contributed by atoms with van der Waals surface area (Å²) in [5.74, 6) is 0.925. The van der Waals surface area contributed by atoms with Crippen LogP contribution in [0.4, 0.5) is 5.82 Å². The molecule has 0 fully saturated rings. The Morgan fingerprint density at radius 1 is 1.47 bits per heavy atom. The van der Waals surface area contributed by atoms with Gasteiger partial charge in [0.15, 0.2) is 0 Å². The van der Waals surface area contributed by atoms with Crippen LogP contribution in [0.2, 0.25) is 0 Å². The van der Waals surface area contributed by atoms with Crippen LogP contribution in [0.25, 0.3) is 0 Å². The molecule has 0 bridgehead atoms. The third-order valence-corrected chi connectivity index (χ3v) is 3.07. The van der Waals surface area contributed by atoms with E-state index >= 15 is 0 Å². The van der Waals surface area contributed by atoms with Gasteiger partial charge in [0, 0.05) is 30.4 Å². The third kappa shape index (κ3) is 3.74. The summed E-state index contributed by atoms with van der Waals surface area (Å²) in [4.78, 5) is 6.48. The van der Waals surface area contributed by atoms with Gasteiger partial charge in [-0.25, -0.2) is 4.98 Å². The zero-order valence-electron chi connectivity index (χ0n) is 8.58. The molecule has 0 spiro atoms. The first-order valence-electron chi connectivity index (χ1n) is 4.86. The smallest absolute Gasteiger partial charge is 0.142 e. The minimum absolute atomic E-state index is 0.213. The first-order chi connectivity index (χ1) is 7.19. The van der Waals surface area contributed by atoms with Crippen molar-refractivity contribution in [3.63, 3.8) is 0 Å². The van der Waals surface area contributed by atoms with Crippen LogP contribution in [0, 0.1) is 0 Å². The Morgan fingerprint density at radius 2 is 2.20 bits per heavy atom. The number of hydrogen-bond acceptors (Lipinski definition) is 3. The molecule has 0 aliphatic carbocycles. The lowest BCUT2D eigenvalue weighted by atomic mass is 10.3. The van der Waals surface area contributed by atoms with Gasteiger partial charge in [-0.15, -0.1) is 0 Å². The topological polar surface area (TPSA) is 36.4 Å². The molecule has 0 aliphatic rings. The second kappa shape index (κ2) is 6.45. The van der Waals surface area contributed by atoms with E-state index in [4.69, 9.17) is 5.11 Å². The Bertz CT molecular complexity index is 320. The Hall–Kier alpha value is -0.130. The second-order valence-electron chi connectivity index (χ2n) is 3.12. The molecule has 1 aromatic rings. The van der Waals surface area contributed by atoms with Gasteiger partial charge in [-0.2, -0.15) is 0 Å². The number of aliphatic hydroxyl groups is 1. The first-order valence-corrected chi connectivity index (χ1v) is 6.44. The van der Waals surface area contributed by atoms with Crippen molar-refractivity contribution < 1.29 is 5.11 Å². The Kier molecular flexibility index (Phi) is 5.56. The van der Waals surface area contributed by atoms with Crippen LogP contribution in [0.5, 0.6) is 0 Å². The predicted molar refractivity (Wildman–Crippen MR) is 69.2 cm³/mol. The molecule has 3 nitrogen and oxygen atoms in total. The fourth-order valence-electron chi connectivity index (χ4n) is 1.32. The van der Waals surface area contributed by atoms with E-state index in [9.17, 15) is 0 Å². The van der Waals surface area contributed by atoms with Gasteiger partial charge < -0.3 is 10.0 Å². The van der Waals surface area contributed by atoms with Gasteiger partial charge in [0.05, 0.1) is 4.47 Å². The summed E-state index contributed by atoms with van der Waals surface area (Å²) >= 11 is 6.85. The van der Waals surface area contributed by atoms with Crippen molar-refractivity contribution in [2.24, 2.45) is 0 Å². The lowest BCUT2D eigenvalue weighted by Crippen LogP contribution is -2.25. The molecule has 0 aromatic carbocycles. The largest absolute Gasteiger partial charge is 0.396 e. The maximum absolute atomic E-state index is 8.80. The zero-order chi connectivity index (χ0) is 11.3. The maximum Gasteiger partial charge on any atom is 0.142 e. The number of rotatable bonds is 5. The molecule has 0 atom stereocenters. The number of anilines is 1. The quantitative estimate of drug-likeness (QED) is 0.897. The Morgan fingerprint density at radius 3 is 2.73 bits per heavy atom. The summed E-state index contributed by atoms with van der Waals surface area (Å²) in [5, 5.41) is 8.80. The van der Waals surface area contributed by atoms with E-state index in [2.05, 4.69) is 48.7 Å². The number of aliphatic hydroxyl groups excluding tert-OH is 1. The van der Waals surface area contributed by atoms with Crippen molar-refractivity contribution in [2.75, 3.05) is 24.6 Å². The van der Waals surface area contributed by atoms with Crippen molar-refractivity contribution in [2.45, 2.75) is 13.3 Å². The Balaban J connectivity index is 2.81. The molecule has 1 aromatic heterocycles. The van der Waals surface area contributed by atoms with Gasteiger partial charge in [0.1, 0.15) is 5.82 Å². The lowest BCUT2D eigenvalue weighted by Gasteiger charge is -2.22. The van der Waals surface area contributed by atoms with Gasteiger partial charge in [-0.3, -0.25) is 0 Å². The molecule has 0 saturated heterocycles. The van der Waals surface area contributed by atoms with E-state index in [-0.39, 0.29) is 6.61 Å². The van der Waals surface area contributed by atoms with Crippen molar-refractivity contribution in [3.8, 4) is 0 Å². The van der Waals surface area contributed by atoms with E-state index in [0.29, 0.717) is 0 Å². The van der Waals surface area contributed by atoms with Crippen LogP contribution in [-0.2, 0) is 0 Å². The van der Waals surface area contributed by atoms with Crippen LogP contribution in [0.3, 0.4) is 0 Å². The van der Waals surface area contributed by atoms with E-state index in [1.807, 2.05) is 6.07 Å². The van der Waals surface area contributed by atoms with Crippen molar-refractivity contribution in [3.05, 3.63) is 21.2 Å². The van der Waals surface area contributed by atoms with Crippen LogP contribution in [0.1, 0.15) is 13.3 Å². The highest BCUT2D eigenvalue weighted by molar-refractivity contribution is 9.11. The van der Waals surface area contributed by atoms with Gasteiger partial charge in [-0.05, 0) is 51.3 Å². The van der Waals surface area contributed by atoms with E-state index in [0.717, 1.165) is 34.3 Å². The monoisotopic (exact) mass is 336 g/mol. The highest BCUT2D eigenvalue weighted by Crippen LogP contribution is 2.26. The molecule has 0 aliphatic heterocycles. The van der Waals surface area contributed by atoms with Crippen LogP contribution in [-0.4, -0.2) is 29.8 Å². The minimum Gasteiger partial charge on any atom is -0.396 e. The number of pyridine rings is 1. The zero-order valence-corrected chi connectivity index (χ0v) is 11.8. The minimum atomic E-state index is 0.213. The van der Waals surface area contributed by atoms with Crippen LogP contribution in [0.15, 0.2) is 21.2 Å². The molecular formula is C10H14Br2N2O. The summed E-state index contributed by atoms with van der Waals surface area (Å²) in [7, 11) is 0. The molecule has 0 amide bonds. The van der Waals surface area contributed by atoms with Crippen LogP contribution >= 0.6 is 31.9 Å². The number of aromatic nitrogens is 1. The second-order valence-corrected chi connectivity index (χ2v) is 4.89. The number of hydrogen-bond donors (Lipinski definition) is 1. The average molecular weight is 338 g/mol. The van der Waals surface area contributed by atoms with Crippen molar-refractivity contribution >= 4 is 37.7 Å². The predicted octanol–water partition coefficient (Wildman–Crippen LogP) is 2.82. The summed E-state index contributed by atoms with van der Waals surface area (Å²) in [6.07, 6.45) is 2.54. The normalized spacial score (nSPS) is 10.4. The average Bonchev–Trinajstić information content (AvgIpc) is 2.21. The SMILES string of the molecule is CCN(CCCO)c1ncc(Br)cc1Br. The highest BCUT2D eigenvalue weighted by atomic mass is 79.9.